The van der Waals surface area contributed by atoms with Crippen molar-refractivity contribution in [1.82, 2.24) is 10.3 Å². The second-order valence-electron chi connectivity index (χ2n) is 6.11. The van der Waals surface area contributed by atoms with Crippen molar-refractivity contribution < 1.29 is 9.18 Å². The van der Waals surface area contributed by atoms with Gasteiger partial charge in [0.05, 0.1) is 22.7 Å². The molecule has 3 nitrogen and oxygen atoms in total. The number of aromatic nitrogens is 1. The highest BCUT2D eigenvalue weighted by Gasteiger charge is 2.37. The predicted molar refractivity (Wildman–Crippen MR) is 89.9 cm³/mol. The highest BCUT2D eigenvalue weighted by Crippen LogP contribution is 2.38. The summed E-state index contributed by atoms with van der Waals surface area (Å²) < 4.78 is 13.2. The smallest absolute Gasteiger partial charge is 0.226 e. The fourth-order valence-corrected chi connectivity index (χ4v) is 4.05. The molecule has 1 aliphatic rings. The second-order valence-corrected chi connectivity index (χ2v) is 7.05. The van der Waals surface area contributed by atoms with E-state index in [1.54, 1.807) is 23.5 Å². The van der Waals surface area contributed by atoms with Gasteiger partial charge in [0.15, 0.2) is 0 Å². The fourth-order valence-electron chi connectivity index (χ4n) is 3.30. The number of thiazole rings is 1. The molecule has 0 spiro atoms. The molecule has 0 radical (unpaired) electrons. The summed E-state index contributed by atoms with van der Waals surface area (Å²) in [5.74, 6) is -0.257. The van der Waals surface area contributed by atoms with Crippen LogP contribution in [-0.4, -0.2) is 10.9 Å². The van der Waals surface area contributed by atoms with Crippen molar-refractivity contribution in [2.45, 2.75) is 51.0 Å². The SMILES string of the molecule is CCc1nc(CC(=O)NC2(c3ccc(F)cc3)CCCC2)cs1. The molecule has 0 bridgehead atoms. The van der Waals surface area contributed by atoms with Crippen molar-refractivity contribution >= 4 is 17.2 Å². The van der Waals surface area contributed by atoms with Crippen LogP contribution < -0.4 is 5.32 Å². The zero-order valence-corrected chi connectivity index (χ0v) is 14.1. The van der Waals surface area contributed by atoms with E-state index in [4.69, 9.17) is 0 Å². The molecule has 1 fully saturated rings. The van der Waals surface area contributed by atoms with Crippen molar-refractivity contribution in [3.05, 3.63) is 51.7 Å². The molecule has 23 heavy (non-hydrogen) atoms. The molecular weight excluding hydrogens is 311 g/mol. The number of amides is 1. The van der Waals surface area contributed by atoms with Gasteiger partial charge in [-0.05, 0) is 37.0 Å². The molecule has 1 aromatic heterocycles. The Kier molecular flexibility index (Phi) is 4.76. The molecule has 2 aromatic rings. The van der Waals surface area contributed by atoms with Gasteiger partial charge in [-0.3, -0.25) is 4.79 Å². The maximum absolute atomic E-state index is 13.2. The van der Waals surface area contributed by atoms with Crippen LogP contribution in [0.2, 0.25) is 0 Å². The van der Waals surface area contributed by atoms with Gasteiger partial charge in [-0.1, -0.05) is 31.9 Å². The summed E-state index contributed by atoms with van der Waals surface area (Å²) in [7, 11) is 0. The molecule has 0 saturated heterocycles. The van der Waals surface area contributed by atoms with Crippen LogP contribution in [-0.2, 0) is 23.2 Å². The lowest BCUT2D eigenvalue weighted by molar-refractivity contribution is -0.122. The van der Waals surface area contributed by atoms with Crippen LogP contribution in [0.5, 0.6) is 0 Å². The van der Waals surface area contributed by atoms with Crippen molar-refractivity contribution in [2.24, 2.45) is 0 Å². The molecule has 1 amide bonds. The third kappa shape index (κ3) is 3.61. The minimum absolute atomic E-state index is 0.0100. The van der Waals surface area contributed by atoms with Crippen LogP contribution in [0.3, 0.4) is 0 Å². The first-order valence-corrected chi connectivity index (χ1v) is 8.99. The summed E-state index contributed by atoms with van der Waals surface area (Å²) in [6.45, 7) is 2.06. The molecule has 1 heterocycles. The summed E-state index contributed by atoms with van der Waals surface area (Å²) in [5, 5.41) is 6.22. The van der Waals surface area contributed by atoms with E-state index in [9.17, 15) is 9.18 Å². The molecular formula is C18H21FN2OS. The van der Waals surface area contributed by atoms with Gasteiger partial charge in [0.2, 0.25) is 5.91 Å². The Bertz CT molecular complexity index is 675. The molecule has 1 aromatic carbocycles. The van der Waals surface area contributed by atoms with E-state index >= 15 is 0 Å². The standard InChI is InChI=1S/C18H21FN2OS/c1-2-17-20-15(12-23-17)11-16(22)21-18(9-3-4-10-18)13-5-7-14(19)8-6-13/h5-8,12H,2-4,9-11H2,1H3,(H,21,22). The summed E-state index contributed by atoms with van der Waals surface area (Å²) in [6.07, 6.45) is 5.16. The Labute approximate surface area is 140 Å². The van der Waals surface area contributed by atoms with Crippen molar-refractivity contribution in [2.75, 3.05) is 0 Å². The number of carbonyl (C=O) groups excluding carboxylic acids is 1. The Morgan fingerprint density at radius 2 is 2.00 bits per heavy atom. The molecule has 0 aliphatic heterocycles. The number of aryl methyl sites for hydroxylation is 1. The maximum atomic E-state index is 13.2. The van der Waals surface area contributed by atoms with Gasteiger partial charge in [0.25, 0.3) is 0 Å². The van der Waals surface area contributed by atoms with Crippen LogP contribution in [0.25, 0.3) is 0 Å². The van der Waals surface area contributed by atoms with Gasteiger partial charge < -0.3 is 5.32 Å². The topological polar surface area (TPSA) is 42.0 Å². The fraction of sp³-hybridized carbons (Fsp3) is 0.444. The minimum Gasteiger partial charge on any atom is -0.346 e. The zero-order chi connectivity index (χ0) is 16.3. The maximum Gasteiger partial charge on any atom is 0.226 e. The third-order valence-electron chi connectivity index (χ3n) is 4.48. The van der Waals surface area contributed by atoms with E-state index in [0.29, 0.717) is 6.42 Å². The van der Waals surface area contributed by atoms with E-state index in [0.717, 1.165) is 48.4 Å². The summed E-state index contributed by atoms with van der Waals surface area (Å²) >= 11 is 1.60. The molecule has 0 atom stereocenters. The highest BCUT2D eigenvalue weighted by atomic mass is 32.1. The number of nitrogens with one attached hydrogen (secondary N) is 1. The quantitative estimate of drug-likeness (QED) is 0.900. The average Bonchev–Trinajstić information content (AvgIpc) is 3.18. The largest absolute Gasteiger partial charge is 0.346 e. The Morgan fingerprint density at radius 1 is 1.30 bits per heavy atom. The predicted octanol–water partition coefficient (Wildman–Crippen LogP) is 3.97. The van der Waals surface area contributed by atoms with Crippen LogP contribution in [0, 0.1) is 5.82 Å². The number of hydrogen-bond donors (Lipinski definition) is 1. The first kappa shape index (κ1) is 16.1. The molecule has 1 saturated carbocycles. The lowest BCUT2D eigenvalue weighted by atomic mass is 9.88. The van der Waals surface area contributed by atoms with Gasteiger partial charge in [0, 0.05) is 5.38 Å². The van der Waals surface area contributed by atoms with Gasteiger partial charge in [-0.25, -0.2) is 9.37 Å². The first-order valence-electron chi connectivity index (χ1n) is 8.12. The first-order chi connectivity index (χ1) is 11.1. The van der Waals surface area contributed by atoms with Gasteiger partial charge in [-0.2, -0.15) is 0 Å². The molecule has 3 rings (SSSR count). The lowest BCUT2D eigenvalue weighted by Crippen LogP contribution is -2.44. The van der Waals surface area contributed by atoms with Crippen molar-refractivity contribution in [1.29, 1.82) is 0 Å². The van der Waals surface area contributed by atoms with Crippen LogP contribution in [0.1, 0.15) is 48.9 Å². The molecule has 1 N–H and O–H groups in total. The molecule has 5 heteroatoms. The number of nitrogens with zero attached hydrogens (tertiary/aromatic N) is 1. The highest BCUT2D eigenvalue weighted by molar-refractivity contribution is 7.09. The molecule has 0 unspecified atom stereocenters. The average molecular weight is 332 g/mol. The summed E-state index contributed by atoms with van der Waals surface area (Å²) in [5.41, 5.74) is 1.47. The zero-order valence-electron chi connectivity index (χ0n) is 13.3. The summed E-state index contributed by atoms with van der Waals surface area (Å²) in [6, 6.07) is 6.52. The Balaban J connectivity index is 1.74. The second kappa shape index (κ2) is 6.79. The van der Waals surface area contributed by atoms with E-state index in [2.05, 4.69) is 17.2 Å². The number of hydrogen-bond acceptors (Lipinski definition) is 3. The number of benzene rings is 1. The number of halogens is 1. The van der Waals surface area contributed by atoms with Crippen molar-refractivity contribution in [3.8, 4) is 0 Å². The van der Waals surface area contributed by atoms with E-state index < -0.39 is 0 Å². The monoisotopic (exact) mass is 332 g/mol. The van der Waals surface area contributed by atoms with Crippen LogP contribution in [0.15, 0.2) is 29.6 Å². The van der Waals surface area contributed by atoms with E-state index in [1.807, 2.05) is 5.38 Å². The molecule has 122 valence electrons. The van der Waals surface area contributed by atoms with Crippen molar-refractivity contribution in [3.63, 3.8) is 0 Å². The molecule has 1 aliphatic carbocycles. The normalized spacial score (nSPS) is 16.4. The minimum atomic E-state index is -0.353. The van der Waals surface area contributed by atoms with E-state index in [-0.39, 0.29) is 17.3 Å². The Hall–Kier alpha value is -1.75. The number of rotatable bonds is 5. The van der Waals surface area contributed by atoms with Crippen LogP contribution in [0.4, 0.5) is 4.39 Å². The van der Waals surface area contributed by atoms with Gasteiger partial charge in [-0.15, -0.1) is 11.3 Å². The van der Waals surface area contributed by atoms with E-state index in [1.165, 1.54) is 12.1 Å². The van der Waals surface area contributed by atoms with Gasteiger partial charge in [0.1, 0.15) is 5.82 Å². The third-order valence-corrected chi connectivity index (χ3v) is 5.52. The lowest BCUT2D eigenvalue weighted by Gasteiger charge is -2.31. The van der Waals surface area contributed by atoms with Crippen LogP contribution >= 0.6 is 11.3 Å². The summed E-state index contributed by atoms with van der Waals surface area (Å²) in [4.78, 5) is 16.9. The Morgan fingerprint density at radius 3 is 2.61 bits per heavy atom. The number of carbonyl (C=O) groups is 1. The van der Waals surface area contributed by atoms with Gasteiger partial charge >= 0.3 is 0 Å².